The van der Waals surface area contributed by atoms with E-state index in [1.165, 1.54) is 0 Å². The van der Waals surface area contributed by atoms with Crippen LogP contribution in [-0.4, -0.2) is 15.0 Å². The van der Waals surface area contributed by atoms with Crippen molar-refractivity contribution in [1.82, 2.24) is 4.72 Å². The summed E-state index contributed by atoms with van der Waals surface area (Å²) in [6.45, 7) is 6.55. The van der Waals surface area contributed by atoms with Gasteiger partial charge in [0.1, 0.15) is 4.90 Å². The van der Waals surface area contributed by atoms with Gasteiger partial charge in [0.25, 0.3) is 0 Å². The van der Waals surface area contributed by atoms with Crippen LogP contribution in [0.25, 0.3) is 0 Å². The van der Waals surface area contributed by atoms with Crippen molar-refractivity contribution >= 4 is 15.7 Å². The number of benzene rings is 1. The molecule has 1 saturated carbocycles. The number of nitrogen functional groups attached to an aromatic ring is 1. The molecule has 0 amide bonds. The number of nitrogens with two attached hydrogens (primary N) is 1. The fourth-order valence-corrected chi connectivity index (χ4v) is 3.96. The Bertz CT molecular complexity index is 555. The first-order valence-electron chi connectivity index (χ1n) is 6.63. The van der Waals surface area contributed by atoms with Crippen LogP contribution in [0.1, 0.15) is 32.3 Å². The van der Waals surface area contributed by atoms with Gasteiger partial charge in [-0.05, 0) is 42.7 Å². The minimum Gasteiger partial charge on any atom is -0.398 e. The lowest BCUT2D eigenvalue weighted by Gasteiger charge is -2.20. The molecule has 1 aliphatic rings. The number of sulfonamides is 1. The van der Waals surface area contributed by atoms with Crippen molar-refractivity contribution in [2.75, 3.05) is 12.3 Å². The molecule has 5 heteroatoms. The Balaban J connectivity index is 2.20. The molecule has 3 N–H and O–H groups in total. The molecule has 106 valence electrons. The summed E-state index contributed by atoms with van der Waals surface area (Å²) in [5.74, 6) is 0.490. The third-order valence-electron chi connectivity index (χ3n) is 4.24. The Kier molecular flexibility index (Phi) is 3.62. The third kappa shape index (κ3) is 2.77. The van der Waals surface area contributed by atoms with E-state index in [4.69, 9.17) is 5.73 Å². The number of hydrogen-bond acceptors (Lipinski definition) is 3. The zero-order valence-electron chi connectivity index (χ0n) is 11.7. The van der Waals surface area contributed by atoms with Gasteiger partial charge in [-0.2, -0.15) is 0 Å². The first kappa shape index (κ1) is 14.3. The van der Waals surface area contributed by atoms with Gasteiger partial charge in [0.05, 0.1) is 5.69 Å². The Morgan fingerprint density at radius 3 is 2.47 bits per heavy atom. The highest BCUT2D eigenvalue weighted by atomic mass is 32.2. The van der Waals surface area contributed by atoms with Gasteiger partial charge in [0.15, 0.2) is 0 Å². The Morgan fingerprint density at radius 1 is 1.37 bits per heavy atom. The maximum absolute atomic E-state index is 12.4. The second-order valence-corrected chi connectivity index (χ2v) is 7.54. The molecule has 0 saturated heterocycles. The molecule has 0 aromatic heterocycles. The van der Waals surface area contributed by atoms with Gasteiger partial charge in [-0.15, -0.1) is 0 Å². The third-order valence-corrected chi connectivity index (χ3v) is 5.86. The van der Waals surface area contributed by atoms with Gasteiger partial charge in [-0.3, -0.25) is 0 Å². The molecule has 0 atom stereocenters. The Labute approximate surface area is 115 Å². The highest BCUT2D eigenvalue weighted by Gasteiger charge is 2.45. The van der Waals surface area contributed by atoms with Gasteiger partial charge in [-0.1, -0.05) is 26.0 Å². The zero-order valence-corrected chi connectivity index (χ0v) is 12.5. The van der Waals surface area contributed by atoms with Crippen molar-refractivity contribution in [2.24, 2.45) is 11.3 Å². The van der Waals surface area contributed by atoms with E-state index >= 15 is 0 Å². The maximum Gasteiger partial charge on any atom is 0.242 e. The molecule has 4 nitrogen and oxygen atoms in total. The van der Waals surface area contributed by atoms with Crippen molar-refractivity contribution in [3.8, 4) is 0 Å². The molecular formula is C14H22N2O2S. The quantitative estimate of drug-likeness (QED) is 0.814. The number of nitrogens with one attached hydrogen (secondary N) is 1. The van der Waals surface area contributed by atoms with Crippen LogP contribution in [-0.2, 0) is 10.0 Å². The number of aryl methyl sites for hydroxylation is 1. The smallest absolute Gasteiger partial charge is 0.242 e. The van der Waals surface area contributed by atoms with E-state index in [0.29, 0.717) is 23.7 Å². The van der Waals surface area contributed by atoms with Crippen LogP contribution in [0.3, 0.4) is 0 Å². The maximum atomic E-state index is 12.4. The summed E-state index contributed by atoms with van der Waals surface area (Å²) in [5.41, 5.74) is 6.94. The van der Waals surface area contributed by atoms with Crippen molar-refractivity contribution in [3.05, 3.63) is 23.8 Å². The molecule has 1 aromatic carbocycles. The molecule has 0 bridgehead atoms. The molecule has 1 fully saturated rings. The number of rotatable bonds is 5. The standard InChI is InChI=1S/C14H22N2O2S/c1-10(2)14(7-8-14)9-16-19(17,18)13-11(3)5-4-6-12(13)15/h4-6,10,16H,7-9,15H2,1-3H3. The highest BCUT2D eigenvalue weighted by Crippen LogP contribution is 2.51. The van der Waals surface area contributed by atoms with Crippen LogP contribution in [0.2, 0.25) is 0 Å². The highest BCUT2D eigenvalue weighted by molar-refractivity contribution is 7.89. The summed E-state index contributed by atoms with van der Waals surface area (Å²) in [6, 6.07) is 5.15. The summed E-state index contributed by atoms with van der Waals surface area (Å²) in [4.78, 5) is 0.217. The lowest BCUT2D eigenvalue weighted by molar-refractivity contribution is 0.357. The van der Waals surface area contributed by atoms with Crippen LogP contribution < -0.4 is 10.5 Å². The zero-order chi connectivity index (χ0) is 14.3. The van der Waals surface area contributed by atoms with E-state index in [-0.39, 0.29) is 10.3 Å². The topological polar surface area (TPSA) is 72.2 Å². The molecular weight excluding hydrogens is 260 g/mol. The van der Waals surface area contributed by atoms with Gasteiger partial charge >= 0.3 is 0 Å². The minimum atomic E-state index is -3.52. The van der Waals surface area contributed by atoms with E-state index < -0.39 is 10.0 Å². The van der Waals surface area contributed by atoms with Crippen molar-refractivity contribution in [1.29, 1.82) is 0 Å². The molecule has 0 spiro atoms. The summed E-state index contributed by atoms with van der Waals surface area (Å²) >= 11 is 0. The van der Waals surface area contributed by atoms with Crippen molar-refractivity contribution in [2.45, 2.75) is 38.5 Å². The second kappa shape index (κ2) is 4.80. The van der Waals surface area contributed by atoms with E-state index in [9.17, 15) is 8.42 Å². The molecule has 0 radical (unpaired) electrons. The van der Waals surface area contributed by atoms with Crippen LogP contribution in [0.4, 0.5) is 5.69 Å². The van der Waals surface area contributed by atoms with E-state index in [2.05, 4.69) is 18.6 Å². The number of anilines is 1. The molecule has 1 aliphatic carbocycles. The van der Waals surface area contributed by atoms with E-state index in [1.807, 2.05) is 0 Å². The van der Waals surface area contributed by atoms with Crippen molar-refractivity contribution in [3.63, 3.8) is 0 Å². The van der Waals surface area contributed by atoms with E-state index in [1.54, 1.807) is 25.1 Å². The monoisotopic (exact) mass is 282 g/mol. The predicted octanol–water partition coefficient (Wildman–Crippen LogP) is 2.29. The fourth-order valence-electron chi connectivity index (χ4n) is 2.47. The summed E-state index contributed by atoms with van der Waals surface area (Å²) in [7, 11) is -3.52. The lowest BCUT2D eigenvalue weighted by atomic mass is 9.93. The van der Waals surface area contributed by atoms with Crippen LogP contribution in [0, 0.1) is 18.3 Å². The minimum absolute atomic E-state index is 0.143. The van der Waals surface area contributed by atoms with E-state index in [0.717, 1.165) is 12.8 Å². The fraction of sp³-hybridized carbons (Fsp3) is 0.571. The molecule has 19 heavy (non-hydrogen) atoms. The van der Waals surface area contributed by atoms with Gasteiger partial charge in [-0.25, -0.2) is 13.1 Å². The SMILES string of the molecule is Cc1cccc(N)c1S(=O)(=O)NCC1(C(C)C)CC1. The van der Waals surface area contributed by atoms with Crippen LogP contribution in [0.15, 0.2) is 23.1 Å². The second-order valence-electron chi connectivity index (χ2n) is 5.83. The molecule has 1 aromatic rings. The summed E-state index contributed by atoms with van der Waals surface area (Å²) < 4.78 is 27.5. The van der Waals surface area contributed by atoms with Gasteiger partial charge in [0.2, 0.25) is 10.0 Å². The average Bonchev–Trinajstić information content (AvgIpc) is 3.07. The normalized spacial score (nSPS) is 17.7. The van der Waals surface area contributed by atoms with Gasteiger partial charge in [0, 0.05) is 6.54 Å². The summed E-state index contributed by atoms with van der Waals surface area (Å²) in [5, 5.41) is 0. The Hall–Kier alpha value is -1.07. The number of hydrogen-bond donors (Lipinski definition) is 2. The average molecular weight is 282 g/mol. The predicted molar refractivity (Wildman–Crippen MR) is 77.3 cm³/mol. The molecule has 2 rings (SSSR count). The van der Waals surface area contributed by atoms with Crippen LogP contribution in [0.5, 0.6) is 0 Å². The lowest BCUT2D eigenvalue weighted by Crippen LogP contribution is -2.33. The van der Waals surface area contributed by atoms with Gasteiger partial charge < -0.3 is 5.73 Å². The Morgan fingerprint density at radius 2 is 2.00 bits per heavy atom. The molecule has 0 unspecified atom stereocenters. The first-order valence-corrected chi connectivity index (χ1v) is 8.12. The summed E-state index contributed by atoms with van der Waals surface area (Å²) in [6.07, 6.45) is 2.19. The largest absolute Gasteiger partial charge is 0.398 e. The van der Waals surface area contributed by atoms with Crippen LogP contribution >= 0.6 is 0 Å². The molecule has 0 aliphatic heterocycles. The van der Waals surface area contributed by atoms with Crippen molar-refractivity contribution < 1.29 is 8.42 Å². The first-order chi connectivity index (χ1) is 8.78. The molecule has 0 heterocycles.